The molecule has 0 aromatic heterocycles. The number of hydrogen-bond acceptors (Lipinski definition) is 6. The van der Waals surface area contributed by atoms with E-state index in [1.165, 1.54) is 36.3 Å². The first-order chi connectivity index (χ1) is 13.9. The van der Waals surface area contributed by atoms with E-state index in [4.69, 9.17) is 5.26 Å². The summed E-state index contributed by atoms with van der Waals surface area (Å²) in [5.74, 6) is -0.990. The molecule has 0 spiro atoms. The molecule has 152 valence electrons. The Morgan fingerprint density at radius 2 is 1.76 bits per heavy atom. The molecule has 1 amide bonds. The molecule has 0 aliphatic rings. The van der Waals surface area contributed by atoms with Crippen molar-refractivity contribution < 1.29 is 22.7 Å². The summed E-state index contributed by atoms with van der Waals surface area (Å²) in [7, 11) is -2.52. The number of nitrogens with zero attached hydrogens (tertiary/aromatic N) is 2. The van der Waals surface area contributed by atoms with Crippen LogP contribution in [0.15, 0.2) is 59.5 Å². The summed E-state index contributed by atoms with van der Waals surface area (Å²) in [6, 6.07) is 16.4. The van der Waals surface area contributed by atoms with Gasteiger partial charge in [-0.1, -0.05) is 30.3 Å². The third-order valence-corrected chi connectivity index (χ3v) is 5.47. The van der Waals surface area contributed by atoms with Gasteiger partial charge in [-0.15, -0.1) is 0 Å². The molecule has 29 heavy (non-hydrogen) atoms. The van der Waals surface area contributed by atoms with Gasteiger partial charge in [0.1, 0.15) is 6.54 Å². The van der Waals surface area contributed by atoms with Crippen LogP contribution in [0.25, 0.3) is 0 Å². The highest BCUT2D eigenvalue weighted by Gasteiger charge is 2.21. The van der Waals surface area contributed by atoms with Crippen molar-refractivity contribution in [3.63, 3.8) is 0 Å². The highest BCUT2D eigenvalue weighted by molar-refractivity contribution is 7.89. The topological polar surface area (TPSA) is 117 Å². The maximum Gasteiger partial charge on any atom is 0.325 e. The number of carbonyl (C=O) groups is 2. The van der Waals surface area contributed by atoms with Gasteiger partial charge in [-0.2, -0.15) is 5.26 Å². The number of hydrogen-bond donors (Lipinski definition) is 1. The molecule has 0 fully saturated rings. The molecular weight excluding hydrogens is 394 g/mol. The van der Waals surface area contributed by atoms with Gasteiger partial charge >= 0.3 is 5.97 Å². The van der Waals surface area contributed by atoms with Crippen LogP contribution >= 0.6 is 0 Å². The average Bonchev–Trinajstić information content (AvgIpc) is 2.73. The third-order valence-electron chi connectivity index (χ3n) is 3.99. The Morgan fingerprint density at radius 3 is 2.34 bits per heavy atom. The lowest BCUT2D eigenvalue weighted by Crippen LogP contribution is -2.35. The summed E-state index contributed by atoms with van der Waals surface area (Å²) in [5, 5.41) is 8.51. The van der Waals surface area contributed by atoms with E-state index in [2.05, 4.69) is 9.46 Å². The Hall–Kier alpha value is -3.22. The van der Waals surface area contributed by atoms with Crippen LogP contribution in [0.5, 0.6) is 0 Å². The number of benzene rings is 2. The molecule has 0 bridgehead atoms. The number of rotatable bonds is 9. The molecule has 2 aromatic rings. The van der Waals surface area contributed by atoms with E-state index in [1.807, 2.05) is 36.4 Å². The van der Waals surface area contributed by atoms with Crippen LogP contribution in [0, 0.1) is 11.3 Å². The van der Waals surface area contributed by atoms with E-state index in [9.17, 15) is 18.0 Å². The molecule has 0 saturated carbocycles. The van der Waals surface area contributed by atoms with Crippen LogP contribution in [0.3, 0.4) is 0 Å². The summed E-state index contributed by atoms with van der Waals surface area (Å²) >= 11 is 0. The van der Waals surface area contributed by atoms with Crippen LogP contribution in [-0.4, -0.2) is 45.4 Å². The number of amides is 1. The summed E-state index contributed by atoms with van der Waals surface area (Å²) in [4.78, 5) is 25.9. The fraction of sp³-hybridized carbons (Fsp3) is 0.250. The SMILES string of the molecule is COC(=O)CN(Cc1ccccc1)C(=O)c1ccc(S(=O)(=O)NCCC#N)cc1. The zero-order valence-electron chi connectivity index (χ0n) is 15.9. The molecule has 2 aromatic carbocycles. The van der Waals surface area contributed by atoms with Gasteiger partial charge in [-0.25, -0.2) is 13.1 Å². The van der Waals surface area contributed by atoms with Crippen molar-refractivity contribution in [2.24, 2.45) is 0 Å². The smallest absolute Gasteiger partial charge is 0.325 e. The van der Waals surface area contributed by atoms with Crippen molar-refractivity contribution in [1.82, 2.24) is 9.62 Å². The van der Waals surface area contributed by atoms with Crippen molar-refractivity contribution in [2.45, 2.75) is 17.9 Å². The maximum absolute atomic E-state index is 12.9. The second kappa shape index (κ2) is 10.4. The minimum atomic E-state index is -3.77. The number of nitriles is 1. The Bertz CT molecular complexity index is 983. The number of ether oxygens (including phenoxy) is 1. The van der Waals surface area contributed by atoms with Crippen LogP contribution in [-0.2, 0) is 26.1 Å². The van der Waals surface area contributed by atoms with Crippen LogP contribution < -0.4 is 4.72 Å². The van der Waals surface area contributed by atoms with Crippen LogP contribution in [0.1, 0.15) is 22.3 Å². The Balaban J connectivity index is 2.20. The van der Waals surface area contributed by atoms with Gasteiger partial charge in [0.25, 0.3) is 5.91 Å². The van der Waals surface area contributed by atoms with Crippen molar-refractivity contribution >= 4 is 21.9 Å². The molecule has 0 radical (unpaired) electrons. The van der Waals surface area contributed by atoms with Crippen molar-refractivity contribution in [3.05, 3.63) is 65.7 Å². The fourth-order valence-corrected chi connectivity index (χ4v) is 3.54. The highest BCUT2D eigenvalue weighted by Crippen LogP contribution is 2.14. The summed E-state index contributed by atoms with van der Waals surface area (Å²) in [6.07, 6.45) is 0.0533. The predicted molar refractivity (Wildman–Crippen MR) is 105 cm³/mol. The van der Waals surface area contributed by atoms with E-state index < -0.39 is 21.9 Å². The second-order valence-electron chi connectivity index (χ2n) is 6.05. The number of nitrogens with one attached hydrogen (secondary N) is 1. The van der Waals surface area contributed by atoms with E-state index in [0.29, 0.717) is 0 Å². The Kier molecular flexibility index (Phi) is 7.88. The van der Waals surface area contributed by atoms with Crippen molar-refractivity contribution in [1.29, 1.82) is 5.26 Å². The lowest BCUT2D eigenvalue weighted by atomic mass is 10.1. The number of sulfonamides is 1. The van der Waals surface area contributed by atoms with Gasteiger partial charge in [0, 0.05) is 25.1 Å². The second-order valence-corrected chi connectivity index (χ2v) is 7.82. The normalized spacial score (nSPS) is 10.8. The number of carbonyl (C=O) groups excluding carboxylic acids is 2. The zero-order valence-corrected chi connectivity index (χ0v) is 16.7. The molecule has 0 unspecified atom stereocenters. The first kappa shape index (κ1) is 22.1. The average molecular weight is 415 g/mol. The molecule has 0 aliphatic heterocycles. The molecule has 0 atom stereocenters. The Labute approximate surface area is 169 Å². The van der Waals surface area contributed by atoms with Gasteiger partial charge in [0.2, 0.25) is 10.0 Å². The molecule has 9 heteroatoms. The van der Waals surface area contributed by atoms with Crippen molar-refractivity contribution in [2.75, 3.05) is 20.2 Å². The lowest BCUT2D eigenvalue weighted by Gasteiger charge is -2.22. The molecule has 2 rings (SSSR count). The van der Waals surface area contributed by atoms with E-state index in [-0.39, 0.29) is 36.5 Å². The van der Waals surface area contributed by atoms with E-state index in [0.717, 1.165) is 5.56 Å². The van der Waals surface area contributed by atoms with Gasteiger partial charge in [-0.3, -0.25) is 9.59 Å². The quantitative estimate of drug-likeness (QED) is 0.492. The van der Waals surface area contributed by atoms with Crippen LogP contribution in [0.2, 0.25) is 0 Å². The van der Waals surface area contributed by atoms with Gasteiger partial charge in [-0.05, 0) is 29.8 Å². The predicted octanol–water partition coefficient (Wildman–Crippen LogP) is 1.69. The maximum atomic E-state index is 12.9. The first-order valence-electron chi connectivity index (χ1n) is 8.74. The first-order valence-corrected chi connectivity index (χ1v) is 10.2. The molecule has 1 N–H and O–H groups in total. The summed E-state index contributed by atoms with van der Waals surface area (Å²) < 4.78 is 31.3. The minimum Gasteiger partial charge on any atom is -0.468 e. The summed E-state index contributed by atoms with van der Waals surface area (Å²) in [6.45, 7) is -0.0337. The molecule has 0 aliphatic carbocycles. The third kappa shape index (κ3) is 6.41. The van der Waals surface area contributed by atoms with Crippen LogP contribution in [0.4, 0.5) is 0 Å². The molecular formula is C20H21N3O5S. The molecule has 0 heterocycles. The largest absolute Gasteiger partial charge is 0.468 e. The van der Waals surface area contributed by atoms with Crippen molar-refractivity contribution in [3.8, 4) is 6.07 Å². The molecule has 8 nitrogen and oxygen atoms in total. The zero-order chi connectivity index (χ0) is 21.3. The standard InChI is InChI=1S/C20H21N3O5S/c1-28-19(24)15-23(14-16-6-3-2-4-7-16)20(25)17-8-10-18(11-9-17)29(26,27)22-13-5-12-21/h2-4,6-11,22H,5,13-15H2,1H3. The monoisotopic (exact) mass is 415 g/mol. The van der Waals surface area contributed by atoms with Gasteiger partial charge < -0.3 is 9.64 Å². The fourth-order valence-electron chi connectivity index (χ4n) is 2.51. The summed E-state index contributed by atoms with van der Waals surface area (Å²) in [5.41, 5.74) is 1.08. The minimum absolute atomic E-state index is 0.00347. The lowest BCUT2D eigenvalue weighted by molar-refractivity contribution is -0.141. The highest BCUT2D eigenvalue weighted by atomic mass is 32.2. The van der Waals surface area contributed by atoms with E-state index >= 15 is 0 Å². The molecule has 0 saturated heterocycles. The number of methoxy groups -OCH3 is 1. The number of esters is 1. The Morgan fingerprint density at radius 1 is 1.10 bits per heavy atom. The van der Waals surface area contributed by atoms with Gasteiger partial charge in [0.15, 0.2) is 0 Å². The van der Waals surface area contributed by atoms with E-state index in [1.54, 1.807) is 0 Å². The van der Waals surface area contributed by atoms with Gasteiger partial charge in [0.05, 0.1) is 18.1 Å².